The van der Waals surface area contributed by atoms with Gasteiger partial charge in [0.15, 0.2) is 0 Å². The van der Waals surface area contributed by atoms with E-state index in [2.05, 4.69) is 16.9 Å². The van der Waals surface area contributed by atoms with Crippen LogP contribution < -0.4 is 4.90 Å². The predicted molar refractivity (Wildman–Crippen MR) is 144 cm³/mol. The van der Waals surface area contributed by atoms with Gasteiger partial charge in [0, 0.05) is 18.9 Å². The smallest absolute Gasteiger partial charge is 0.414 e. The number of fused-ring (bicyclic) bond motifs is 3. The monoisotopic (exact) mass is 537 g/mol. The van der Waals surface area contributed by atoms with Gasteiger partial charge in [0.2, 0.25) is 0 Å². The molecule has 3 aromatic rings. The lowest BCUT2D eigenvalue weighted by atomic mass is 9.98. The number of anilines is 1. The second-order valence-electron chi connectivity index (χ2n) is 9.27. The molecule has 0 aromatic heterocycles. The Balaban J connectivity index is 1.55. The third-order valence-corrected chi connectivity index (χ3v) is 7.67. The minimum absolute atomic E-state index is 0.114. The van der Waals surface area contributed by atoms with Gasteiger partial charge in [-0.15, -0.1) is 0 Å². The third-order valence-electron chi connectivity index (χ3n) is 6.82. The summed E-state index contributed by atoms with van der Waals surface area (Å²) in [6, 6.07) is 20.2. The van der Waals surface area contributed by atoms with E-state index in [1.165, 1.54) is 24.1 Å². The molecule has 0 atom stereocenters. The van der Waals surface area contributed by atoms with Crippen molar-refractivity contribution in [2.45, 2.75) is 43.4 Å². The number of hydrogen-bond donors (Lipinski definition) is 1. The van der Waals surface area contributed by atoms with Crippen molar-refractivity contribution in [2.24, 2.45) is 0 Å². The molecule has 4 rings (SSSR count). The fourth-order valence-electron chi connectivity index (χ4n) is 4.84. The molecule has 0 fully saturated rings. The second kappa shape index (κ2) is 11.8. The Labute approximate surface area is 222 Å². The van der Waals surface area contributed by atoms with Crippen LogP contribution in [0.2, 0.25) is 0 Å². The summed E-state index contributed by atoms with van der Waals surface area (Å²) >= 11 is 0. The Kier molecular flexibility index (Phi) is 8.48. The highest BCUT2D eigenvalue weighted by Crippen LogP contribution is 2.44. The number of methoxy groups -OCH3 is 1. The summed E-state index contributed by atoms with van der Waals surface area (Å²) < 4.78 is 43.7. The molecule has 3 aromatic carbocycles. The van der Waals surface area contributed by atoms with Gasteiger partial charge in [-0.25, -0.2) is 4.79 Å². The van der Waals surface area contributed by atoms with Crippen LogP contribution in [0.15, 0.2) is 71.6 Å². The Hall–Kier alpha value is -3.69. The van der Waals surface area contributed by atoms with Gasteiger partial charge in [-0.1, -0.05) is 61.0 Å². The molecule has 1 aliphatic rings. The van der Waals surface area contributed by atoms with Crippen LogP contribution in [0.4, 0.5) is 10.5 Å². The first-order valence-corrected chi connectivity index (χ1v) is 13.9. The van der Waals surface area contributed by atoms with Gasteiger partial charge in [0.1, 0.15) is 6.61 Å². The van der Waals surface area contributed by atoms with E-state index >= 15 is 0 Å². The quantitative estimate of drug-likeness (QED) is 0.200. The van der Waals surface area contributed by atoms with E-state index in [4.69, 9.17) is 4.74 Å². The molecule has 0 radical (unpaired) electrons. The number of carbonyl (C=O) groups is 2. The molecule has 1 amide bonds. The normalized spacial score (nSPS) is 12.5. The summed E-state index contributed by atoms with van der Waals surface area (Å²) in [6.45, 7) is 2.11. The van der Waals surface area contributed by atoms with Crippen LogP contribution >= 0.6 is 0 Å². The number of amides is 1. The molecule has 0 spiro atoms. The molecule has 0 heterocycles. The average molecular weight is 538 g/mol. The minimum Gasteiger partial charge on any atom is -0.469 e. The lowest BCUT2D eigenvalue weighted by Gasteiger charge is -2.25. The standard InChI is InChI=1S/C29H31NO7S/c1-20-15-16-21(38(33,34)35)18-27(20)30(17-9-3-4-14-28(31)36-2)29(32)37-19-26-24-12-7-5-10-22(24)23-11-6-8-13-25(23)26/h5-8,10-13,15-16,18,26H,3-4,9,14,17,19H2,1-2H3,(H,33,34,35). The Morgan fingerprint density at radius 1 is 0.921 bits per heavy atom. The van der Waals surface area contributed by atoms with Crippen LogP contribution in [0.1, 0.15) is 48.3 Å². The first-order chi connectivity index (χ1) is 18.2. The molecule has 0 unspecified atom stereocenters. The molecule has 1 aliphatic carbocycles. The second-order valence-corrected chi connectivity index (χ2v) is 10.7. The Morgan fingerprint density at radius 2 is 1.55 bits per heavy atom. The molecule has 8 nitrogen and oxygen atoms in total. The maximum atomic E-state index is 13.5. The number of esters is 1. The van der Waals surface area contributed by atoms with Crippen molar-refractivity contribution in [3.63, 3.8) is 0 Å². The Morgan fingerprint density at radius 3 is 2.16 bits per heavy atom. The van der Waals surface area contributed by atoms with Gasteiger partial charge in [0.25, 0.3) is 10.1 Å². The van der Waals surface area contributed by atoms with E-state index in [9.17, 15) is 22.6 Å². The zero-order chi connectivity index (χ0) is 27.3. The van der Waals surface area contributed by atoms with Crippen molar-refractivity contribution in [3.05, 3.63) is 83.4 Å². The summed E-state index contributed by atoms with van der Waals surface area (Å²) in [5.74, 6) is -0.423. The van der Waals surface area contributed by atoms with Gasteiger partial charge in [-0.05, 0) is 59.7 Å². The highest BCUT2D eigenvalue weighted by molar-refractivity contribution is 7.85. The summed E-state index contributed by atoms with van der Waals surface area (Å²) in [7, 11) is -3.13. The molecule has 200 valence electrons. The molecule has 0 saturated heterocycles. The van der Waals surface area contributed by atoms with Crippen molar-refractivity contribution in [2.75, 3.05) is 25.2 Å². The van der Waals surface area contributed by atoms with E-state index in [-0.39, 0.29) is 36.4 Å². The molecular weight excluding hydrogens is 506 g/mol. The van der Waals surface area contributed by atoms with Gasteiger partial charge in [0.05, 0.1) is 17.7 Å². The molecule has 0 aliphatic heterocycles. The number of hydrogen-bond acceptors (Lipinski definition) is 6. The molecule has 38 heavy (non-hydrogen) atoms. The Bertz CT molecular complexity index is 1390. The average Bonchev–Trinajstić information content (AvgIpc) is 3.22. The zero-order valence-corrected chi connectivity index (χ0v) is 22.2. The van der Waals surface area contributed by atoms with Gasteiger partial charge >= 0.3 is 12.1 Å². The molecular formula is C29H31NO7S. The fourth-order valence-corrected chi connectivity index (χ4v) is 5.34. The first-order valence-electron chi connectivity index (χ1n) is 12.5. The van der Waals surface area contributed by atoms with Crippen molar-refractivity contribution >= 4 is 27.9 Å². The van der Waals surface area contributed by atoms with Crippen LogP contribution in [0.5, 0.6) is 0 Å². The summed E-state index contributed by atoms with van der Waals surface area (Å²) in [5, 5.41) is 0. The van der Waals surface area contributed by atoms with Crippen molar-refractivity contribution in [3.8, 4) is 11.1 Å². The van der Waals surface area contributed by atoms with Crippen LogP contribution in [0, 0.1) is 6.92 Å². The number of carbonyl (C=O) groups excluding carboxylic acids is 2. The topological polar surface area (TPSA) is 110 Å². The molecule has 9 heteroatoms. The van der Waals surface area contributed by atoms with Gasteiger partial charge < -0.3 is 9.47 Å². The maximum Gasteiger partial charge on any atom is 0.414 e. The van der Waals surface area contributed by atoms with E-state index in [0.717, 1.165) is 22.3 Å². The minimum atomic E-state index is -4.47. The van der Waals surface area contributed by atoms with Crippen molar-refractivity contribution in [1.82, 2.24) is 0 Å². The summed E-state index contributed by atoms with van der Waals surface area (Å²) in [6.07, 6.45) is 1.46. The lowest BCUT2D eigenvalue weighted by Crippen LogP contribution is -2.34. The maximum absolute atomic E-state index is 13.5. The lowest BCUT2D eigenvalue weighted by molar-refractivity contribution is -0.140. The van der Waals surface area contributed by atoms with Crippen LogP contribution in [-0.4, -0.2) is 45.3 Å². The number of nitrogens with zero attached hydrogens (tertiary/aromatic N) is 1. The van der Waals surface area contributed by atoms with Crippen LogP contribution in [-0.2, 0) is 24.4 Å². The first kappa shape index (κ1) is 27.3. The predicted octanol–water partition coefficient (Wildman–Crippen LogP) is 5.73. The molecule has 0 bridgehead atoms. The molecule has 1 N–H and O–H groups in total. The highest BCUT2D eigenvalue weighted by Gasteiger charge is 2.30. The van der Waals surface area contributed by atoms with Gasteiger partial charge in [-0.3, -0.25) is 14.2 Å². The number of unbranched alkanes of at least 4 members (excludes halogenated alkanes) is 2. The molecule has 0 saturated carbocycles. The van der Waals surface area contributed by atoms with E-state index in [1.54, 1.807) is 13.0 Å². The number of rotatable bonds is 10. The largest absolute Gasteiger partial charge is 0.469 e. The number of ether oxygens (including phenoxy) is 2. The fraction of sp³-hybridized carbons (Fsp3) is 0.310. The van der Waals surface area contributed by atoms with Crippen molar-refractivity contribution in [1.29, 1.82) is 0 Å². The van der Waals surface area contributed by atoms with E-state index in [0.29, 0.717) is 30.5 Å². The van der Waals surface area contributed by atoms with Crippen LogP contribution in [0.3, 0.4) is 0 Å². The van der Waals surface area contributed by atoms with E-state index in [1.807, 2.05) is 36.4 Å². The van der Waals surface area contributed by atoms with Crippen LogP contribution in [0.25, 0.3) is 11.1 Å². The number of benzene rings is 3. The van der Waals surface area contributed by atoms with Crippen molar-refractivity contribution < 1.29 is 32.0 Å². The highest BCUT2D eigenvalue weighted by atomic mass is 32.2. The SMILES string of the molecule is COC(=O)CCCCCN(C(=O)OCC1c2ccccc2-c2ccccc21)c1cc(S(=O)(=O)O)ccc1C. The van der Waals surface area contributed by atoms with Gasteiger partial charge in [-0.2, -0.15) is 8.42 Å². The summed E-state index contributed by atoms with van der Waals surface area (Å²) in [4.78, 5) is 26.0. The third kappa shape index (κ3) is 6.06. The summed E-state index contributed by atoms with van der Waals surface area (Å²) in [5.41, 5.74) is 5.39. The number of aryl methyl sites for hydroxylation is 1. The van der Waals surface area contributed by atoms with E-state index < -0.39 is 16.2 Å². The zero-order valence-electron chi connectivity index (χ0n) is 21.4.